The molecular weight excluding hydrogens is 198 g/mol. The van der Waals surface area contributed by atoms with Gasteiger partial charge in [0.25, 0.3) is 0 Å². The summed E-state index contributed by atoms with van der Waals surface area (Å²) < 4.78 is 5.70. The summed E-state index contributed by atoms with van der Waals surface area (Å²) in [5.74, 6) is 0. The highest BCUT2D eigenvalue weighted by molar-refractivity contribution is 6.05. The summed E-state index contributed by atoms with van der Waals surface area (Å²) in [4.78, 5) is 0. The van der Waals surface area contributed by atoms with Gasteiger partial charge in [0.05, 0.1) is 11.6 Å². The van der Waals surface area contributed by atoms with Gasteiger partial charge in [-0.1, -0.05) is 11.6 Å². The first-order chi connectivity index (χ1) is 7.78. The van der Waals surface area contributed by atoms with E-state index in [4.69, 9.17) is 9.68 Å². The van der Waals surface area contributed by atoms with Crippen molar-refractivity contribution in [2.75, 3.05) is 0 Å². The molecule has 0 aliphatic heterocycles. The molecule has 0 radical (unpaired) electrons. The van der Waals surface area contributed by atoms with Gasteiger partial charge in [-0.25, -0.2) is 0 Å². The molecule has 76 valence electrons. The Morgan fingerprint density at radius 3 is 2.44 bits per heavy atom. The molecule has 2 heteroatoms. The number of nitrogens with zero attached hydrogens (tertiary/aromatic N) is 1. The number of furan rings is 1. The van der Waals surface area contributed by atoms with Crippen molar-refractivity contribution in [1.29, 1.82) is 5.26 Å². The minimum absolute atomic E-state index is 0.664. The van der Waals surface area contributed by atoms with Gasteiger partial charge in [-0.05, 0) is 37.3 Å². The van der Waals surface area contributed by atoms with Gasteiger partial charge in [0.1, 0.15) is 11.2 Å². The second-order valence-electron chi connectivity index (χ2n) is 3.92. The molecule has 0 amide bonds. The average molecular weight is 207 g/mol. The third-order valence-electron chi connectivity index (χ3n) is 2.75. The van der Waals surface area contributed by atoms with Crippen molar-refractivity contribution >= 4 is 21.9 Å². The minimum atomic E-state index is 0.664. The lowest BCUT2D eigenvalue weighted by Crippen LogP contribution is -1.73. The summed E-state index contributed by atoms with van der Waals surface area (Å²) in [7, 11) is 0. The van der Waals surface area contributed by atoms with E-state index < -0.39 is 0 Å². The predicted octanol–water partition coefficient (Wildman–Crippen LogP) is 3.77. The zero-order valence-corrected chi connectivity index (χ0v) is 8.82. The van der Waals surface area contributed by atoms with Crippen LogP contribution in [-0.4, -0.2) is 0 Å². The summed E-state index contributed by atoms with van der Waals surface area (Å²) in [5, 5.41) is 11.0. The van der Waals surface area contributed by atoms with Crippen molar-refractivity contribution < 1.29 is 4.42 Å². The largest absolute Gasteiger partial charge is 0.456 e. The van der Waals surface area contributed by atoms with Gasteiger partial charge in [0.2, 0.25) is 0 Å². The lowest BCUT2D eigenvalue weighted by atomic mass is 10.1. The molecule has 0 bridgehead atoms. The third kappa shape index (κ3) is 1.19. The van der Waals surface area contributed by atoms with Crippen molar-refractivity contribution in [1.82, 2.24) is 0 Å². The van der Waals surface area contributed by atoms with E-state index in [1.165, 1.54) is 5.56 Å². The molecule has 2 nitrogen and oxygen atoms in total. The van der Waals surface area contributed by atoms with Crippen LogP contribution >= 0.6 is 0 Å². The Hall–Kier alpha value is -2.27. The summed E-state index contributed by atoms with van der Waals surface area (Å²) in [6.07, 6.45) is 0. The highest BCUT2D eigenvalue weighted by Gasteiger charge is 2.07. The van der Waals surface area contributed by atoms with Crippen molar-refractivity contribution in [3.63, 3.8) is 0 Å². The standard InChI is InChI=1S/C14H9NO/c1-9-2-4-13-11(6-9)12-7-10(8-15)3-5-14(12)16-13/h2-7H,1H3. The van der Waals surface area contributed by atoms with Crippen LogP contribution in [0.15, 0.2) is 40.8 Å². The van der Waals surface area contributed by atoms with E-state index in [1.54, 1.807) is 6.07 Å². The molecule has 0 saturated heterocycles. The number of hydrogen-bond acceptors (Lipinski definition) is 2. The summed E-state index contributed by atoms with van der Waals surface area (Å²) in [6.45, 7) is 2.05. The van der Waals surface area contributed by atoms with E-state index in [9.17, 15) is 0 Å². The lowest BCUT2D eigenvalue weighted by molar-refractivity contribution is 0.669. The predicted molar refractivity (Wildman–Crippen MR) is 63.2 cm³/mol. The van der Waals surface area contributed by atoms with E-state index in [2.05, 4.69) is 12.1 Å². The Kier molecular flexibility index (Phi) is 1.75. The van der Waals surface area contributed by atoms with Crippen LogP contribution in [0.5, 0.6) is 0 Å². The van der Waals surface area contributed by atoms with Gasteiger partial charge in [-0.15, -0.1) is 0 Å². The first-order valence-corrected chi connectivity index (χ1v) is 5.11. The van der Waals surface area contributed by atoms with Crippen LogP contribution in [0.1, 0.15) is 11.1 Å². The number of fused-ring (bicyclic) bond motifs is 3. The van der Waals surface area contributed by atoms with E-state index in [0.29, 0.717) is 5.56 Å². The maximum atomic E-state index is 8.88. The van der Waals surface area contributed by atoms with Crippen LogP contribution in [-0.2, 0) is 0 Å². The van der Waals surface area contributed by atoms with E-state index in [-0.39, 0.29) is 0 Å². The van der Waals surface area contributed by atoms with Gasteiger partial charge in [0.15, 0.2) is 0 Å². The van der Waals surface area contributed by atoms with Gasteiger partial charge in [-0.2, -0.15) is 5.26 Å². The Balaban J connectivity index is 2.50. The van der Waals surface area contributed by atoms with E-state index in [0.717, 1.165) is 21.9 Å². The van der Waals surface area contributed by atoms with Crippen LogP contribution in [0.25, 0.3) is 21.9 Å². The molecule has 0 unspecified atom stereocenters. The Morgan fingerprint density at radius 2 is 1.69 bits per heavy atom. The van der Waals surface area contributed by atoms with Crippen LogP contribution in [0.3, 0.4) is 0 Å². The topological polar surface area (TPSA) is 36.9 Å². The Bertz CT molecular complexity index is 731. The normalized spacial score (nSPS) is 10.8. The smallest absolute Gasteiger partial charge is 0.135 e. The molecule has 0 N–H and O–H groups in total. The monoisotopic (exact) mass is 207 g/mol. The Morgan fingerprint density at radius 1 is 1.00 bits per heavy atom. The summed E-state index contributed by atoms with van der Waals surface area (Å²) >= 11 is 0. The van der Waals surface area contributed by atoms with Crippen LogP contribution in [0, 0.1) is 18.3 Å². The molecular formula is C14H9NO. The van der Waals surface area contributed by atoms with Crippen molar-refractivity contribution in [2.24, 2.45) is 0 Å². The maximum absolute atomic E-state index is 8.88. The molecule has 0 spiro atoms. The number of aryl methyl sites for hydroxylation is 1. The minimum Gasteiger partial charge on any atom is -0.456 e. The molecule has 1 heterocycles. The highest BCUT2D eigenvalue weighted by Crippen LogP contribution is 2.29. The molecule has 3 rings (SSSR count). The summed E-state index contributed by atoms with van der Waals surface area (Å²) in [6, 6.07) is 13.7. The van der Waals surface area contributed by atoms with Crippen LogP contribution in [0.2, 0.25) is 0 Å². The second-order valence-corrected chi connectivity index (χ2v) is 3.92. The van der Waals surface area contributed by atoms with Crippen molar-refractivity contribution in [3.8, 4) is 6.07 Å². The number of benzene rings is 2. The van der Waals surface area contributed by atoms with Gasteiger partial charge < -0.3 is 4.42 Å². The van der Waals surface area contributed by atoms with E-state index >= 15 is 0 Å². The first-order valence-electron chi connectivity index (χ1n) is 5.11. The van der Waals surface area contributed by atoms with Gasteiger partial charge >= 0.3 is 0 Å². The van der Waals surface area contributed by atoms with Crippen molar-refractivity contribution in [3.05, 3.63) is 47.5 Å². The molecule has 0 fully saturated rings. The molecule has 16 heavy (non-hydrogen) atoms. The molecule has 0 aliphatic rings. The summed E-state index contributed by atoms with van der Waals surface area (Å²) in [5.41, 5.74) is 3.56. The van der Waals surface area contributed by atoms with Crippen LogP contribution < -0.4 is 0 Å². The zero-order valence-electron chi connectivity index (χ0n) is 8.82. The quantitative estimate of drug-likeness (QED) is 0.562. The van der Waals surface area contributed by atoms with Gasteiger partial charge in [-0.3, -0.25) is 0 Å². The molecule has 0 atom stereocenters. The molecule has 2 aromatic carbocycles. The fourth-order valence-corrected chi connectivity index (χ4v) is 1.96. The van der Waals surface area contributed by atoms with Crippen LogP contribution in [0.4, 0.5) is 0 Å². The second kappa shape index (κ2) is 3.11. The molecule has 0 aliphatic carbocycles. The fourth-order valence-electron chi connectivity index (χ4n) is 1.96. The van der Waals surface area contributed by atoms with Gasteiger partial charge in [0, 0.05) is 10.8 Å². The maximum Gasteiger partial charge on any atom is 0.135 e. The lowest BCUT2D eigenvalue weighted by Gasteiger charge is -1.92. The van der Waals surface area contributed by atoms with E-state index in [1.807, 2.05) is 31.2 Å². The zero-order chi connectivity index (χ0) is 11.1. The highest BCUT2D eigenvalue weighted by atomic mass is 16.3. The molecule has 0 saturated carbocycles. The third-order valence-corrected chi connectivity index (χ3v) is 2.75. The average Bonchev–Trinajstić information content (AvgIpc) is 2.66. The fraction of sp³-hybridized carbons (Fsp3) is 0.0714. The SMILES string of the molecule is Cc1ccc2oc3ccc(C#N)cc3c2c1. The number of hydrogen-bond donors (Lipinski definition) is 0. The van der Waals surface area contributed by atoms with Crippen molar-refractivity contribution in [2.45, 2.75) is 6.92 Å². The first kappa shape index (κ1) is 8.99. The number of rotatable bonds is 0. The Labute approximate surface area is 92.7 Å². The molecule has 3 aromatic rings. The number of nitriles is 1. The molecule has 1 aromatic heterocycles.